The molecule has 126 valence electrons. The lowest BCUT2D eigenvalue weighted by atomic mass is 10.0. The lowest BCUT2D eigenvalue weighted by Crippen LogP contribution is -2.29. The molecule has 2 amide bonds. The van der Waals surface area contributed by atoms with Gasteiger partial charge >= 0.3 is 0 Å². The number of fused-ring (bicyclic) bond motifs is 1. The minimum absolute atomic E-state index is 0.146. The summed E-state index contributed by atoms with van der Waals surface area (Å²) in [5.74, 6) is -0.353. The van der Waals surface area contributed by atoms with Crippen LogP contribution in [0.2, 0.25) is 0 Å². The Labute approximate surface area is 146 Å². The quantitative estimate of drug-likeness (QED) is 0.751. The van der Waals surface area contributed by atoms with E-state index in [9.17, 15) is 9.59 Å². The van der Waals surface area contributed by atoms with Gasteiger partial charge in [0, 0.05) is 18.5 Å². The normalized spacial score (nSPS) is 11.7. The van der Waals surface area contributed by atoms with Crippen molar-refractivity contribution < 1.29 is 9.59 Å². The van der Waals surface area contributed by atoms with Crippen LogP contribution in [0.3, 0.4) is 0 Å². The first-order chi connectivity index (χ1) is 12.1. The van der Waals surface area contributed by atoms with Crippen LogP contribution in [0.4, 0.5) is 5.69 Å². The van der Waals surface area contributed by atoms with Gasteiger partial charge in [0.1, 0.15) is 0 Å². The highest BCUT2D eigenvalue weighted by Gasteiger charge is 2.17. The zero-order chi connectivity index (χ0) is 17.6. The third-order valence-corrected chi connectivity index (χ3v) is 3.88. The number of nitrogens with zero attached hydrogens (tertiary/aromatic N) is 1. The van der Waals surface area contributed by atoms with Crippen LogP contribution < -0.4 is 10.6 Å². The first-order valence-electron chi connectivity index (χ1n) is 8.09. The summed E-state index contributed by atoms with van der Waals surface area (Å²) in [5, 5.41) is 6.70. The highest BCUT2D eigenvalue weighted by Crippen LogP contribution is 2.22. The van der Waals surface area contributed by atoms with Gasteiger partial charge in [0.15, 0.2) is 0 Å². The Balaban J connectivity index is 1.78. The van der Waals surface area contributed by atoms with Crippen LogP contribution in [0.1, 0.15) is 24.9 Å². The average molecular weight is 333 g/mol. The molecule has 0 aliphatic heterocycles. The molecule has 0 bridgehead atoms. The molecular formula is C20H19N3O2. The zero-order valence-electron chi connectivity index (χ0n) is 13.9. The molecule has 5 heteroatoms. The van der Waals surface area contributed by atoms with Crippen molar-refractivity contribution >= 4 is 28.4 Å². The van der Waals surface area contributed by atoms with E-state index in [-0.39, 0.29) is 24.3 Å². The molecule has 1 atom stereocenters. The van der Waals surface area contributed by atoms with E-state index in [1.807, 2.05) is 60.7 Å². The molecule has 0 saturated carbocycles. The summed E-state index contributed by atoms with van der Waals surface area (Å²) >= 11 is 0. The first-order valence-corrected chi connectivity index (χ1v) is 8.09. The number of benzene rings is 2. The summed E-state index contributed by atoms with van der Waals surface area (Å²) in [6, 6.07) is 18.5. The standard InChI is InChI=1S/C20H19N3O2/c1-14(24)22-18(15-7-3-2-4-8-15)13-19(25)23-17-11-5-9-16-10-6-12-21-20(16)17/h2-12,18H,13H2,1H3,(H,22,24)(H,23,25)/t18-/m0/s1. The molecule has 0 fully saturated rings. The molecule has 0 aliphatic carbocycles. The minimum Gasteiger partial charge on any atom is -0.349 e. The summed E-state index contributed by atoms with van der Waals surface area (Å²) in [5.41, 5.74) is 2.30. The smallest absolute Gasteiger partial charge is 0.226 e. The van der Waals surface area contributed by atoms with Gasteiger partial charge in [-0.2, -0.15) is 0 Å². The number of amides is 2. The maximum absolute atomic E-state index is 12.5. The molecule has 2 aromatic carbocycles. The van der Waals surface area contributed by atoms with Crippen molar-refractivity contribution in [3.8, 4) is 0 Å². The minimum atomic E-state index is -0.373. The Bertz CT molecular complexity index is 888. The van der Waals surface area contributed by atoms with Gasteiger partial charge in [0.25, 0.3) is 0 Å². The molecule has 3 aromatic rings. The van der Waals surface area contributed by atoms with Gasteiger partial charge < -0.3 is 10.6 Å². The number of pyridine rings is 1. The molecule has 0 saturated heterocycles. The number of nitrogens with one attached hydrogen (secondary N) is 2. The van der Waals surface area contributed by atoms with Gasteiger partial charge in [0.2, 0.25) is 11.8 Å². The van der Waals surface area contributed by atoms with E-state index in [1.165, 1.54) is 6.92 Å². The second kappa shape index (κ2) is 7.57. The van der Waals surface area contributed by atoms with Gasteiger partial charge in [0.05, 0.1) is 23.7 Å². The first kappa shape index (κ1) is 16.6. The predicted molar refractivity (Wildman–Crippen MR) is 98.0 cm³/mol. The fourth-order valence-electron chi connectivity index (χ4n) is 2.77. The third kappa shape index (κ3) is 4.20. The van der Waals surface area contributed by atoms with Gasteiger partial charge in [-0.05, 0) is 17.7 Å². The fraction of sp³-hybridized carbons (Fsp3) is 0.150. The molecule has 5 nitrogen and oxygen atoms in total. The molecule has 1 aromatic heterocycles. The van der Waals surface area contributed by atoms with Crippen molar-refractivity contribution in [1.29, 1.82) is 0 Å². The SMILES string of the molecule is CC(=O)N[C@@H](CC(=O)Nc1cccc2cccnc12)c1ccccc1. The number of carbonyl (C=O) groups excluding carboxylic acids is 2. The van der Waals surface area contributed by atoms with E-state index in [2.05, 4.69) is 15.6 Å². The maximum atomic E-state index is 12.5. The Morgan fingerprint density at radius 2 is 1.76 bits per heavy atom. The molecule has 0 aliphatic rings. The number of rotatable bonds is 5. The van der Waals surface area contributed by atoms with Crippen LogP contribution in [-0.2, 0) is 9.59 Å². The summed E-state index contributed by atoms with van der Waals surface area (Å²) in [7, 11) is 0. The number of para-hydroxylation sites is 1. The molecular weight excluding hydrogens is 314 g/mol. The number of hydrogen-bond acceptors (Lipinski definition) is 3. The number of anilines is 1. The van der Waals surface area contributed by atoms with Crippen molar-refractivity contribution in [3.63, 3.8) is 0 Å². The highest BCUT2D eigenvalue weighted by atomic mass is 16.2. The Kier molecular flexibility index (Phi) is 5.04. The summed E-state index contributed by atoms with van der Waals surface area (Å²) in [4.78, 5) is 28.4. The molecule has 25 heavy (non-hydrogen) atoms. The average Bonchev–Trinajstić information content (AvgIpc) is 2.62. The monoisotopic (exact) mass is 333 g/mol. The topological polar surface area (TPSA) is 71.1 Å². The van der Waals surface area contributed by atoms with Crippen LogP contribution in [-0.4, -0.2) is 16.8 Å². The zero-order valence-corrected chi connectivity index (χ0v) is 13.9. The molecule has 0 radical (unpaired) electrons. The van der Waals surface area contributed by atoms with Crippen LogP contribution in [0.5, 0.6) is 0 Å². The number of hydrogen-bond donors (Lipinski definition) is 2. The van der Waals surface area contributed by atoms with Crippen molar-refractivity contribution in [2.45, 2.75) is 19.4 Å². The van der Waals surface area contributed by atoms with Crippen molar-refractivity contribution in [3.05, 3.63) is 72.4 Å². The second-order valence-electron chi connectivity index (χ2n) is 5.80. The van der Waals surface area contributed by atoms with Crippen molar-refractivity contribution in [2.24, 2.45) is 0 Å². The highest BCUT2D eigenvalue weighted by molar-refractivity contribution is 6.00. The lowest BCUT2D eigenvalue weighted by molar-refractivity contribution is -0.120. The van der Waals surface area contributed by atoms with Crippen LogP contribution >= 0.6 is 0 Å². The molecule has 0 spiro atoms. The van der Waals surface area contributed by atoms with E-state index in [4.69, 9.17) is 0 Å². The van der Waals surface area contributed by atoms with E-state index < -0.39 is 0 Å². The summed E-state index contributed by atoms with van der Waals surface area (Å²) in [6.07, 6.45) is 1.84. The lowest BCUT2D eigenvalue weighted by Gasteiger charge is -2.18. The van der Waals surface area contributed by atoms with Crippen LogP contribution in [0.15, 0.2) is 66.9 Å². The summed E-state index contributed by atoms with van der Waals surface area (Å²) in [6.45, 7) is 1.45. The molecule has 2 N–H and O–H groups in total. The molecule has 1 heterocycles. The summed E-state index contributed by atoms with van der Waals surface area (Å²) < 4.78 is 0. The van der Waals surface area contributed by atoms with E-state index in [0.717, 1.165) is 16.5 Å². The Morgan fingerprint density at radius 1 is 1.00 bits per heavy atom. The van der Waals surface area contributed by atoms with Gasteiger partial charge in [-0.25, -0.2) is 0 Å². The predicted octanol–water partition coefficient (Wildman–Crippen LogP) is 3.44. The largest absolute Gasteiger partial charge is 0.349 e. The number of carbonyl (C=O) groups is 2. The number of aromatic nitrogens is 1. The maximum Gasteiger partial charge on any atom is 0.226 e. The van der Waals surface area contributed by atoms with E-state index in [0.29, 0.717) is 5.69 Å². The van der Waals surface area contributed by atoms with Crippen molar-refractivity contribution in [2.75, 3.05) is 5.32 Å². The van der Waals surface area contributed by atoms with Gasteiger partial charge in [-0.15, -0.1) is 0 Å². The molecule has 3 rings (SSSR count). The third-order valence-electron chi connectivity index (χ3n) is 3.88. The van der Waals surface area contributed by atoms with Gasteiger partial charge in [-0.1, -0.05) is 48.5 Å². The Morgan fingerprint density at radius 3 is 2.52 bits per heavy atom. The van der Waals surface area contributed by atoms with Crippen molar-refractivity contribution in [1.82, 2.24) is 10.3 Å². The Hall–Kier alpha value is -3.21. The van der Waals surface area contributed by atoms with E-state index >= 15 is 0 Å². The van der Waals surface area contributed by atoms with Gasteiger partial charge in [-0.3, -0.25) is 14.6 Å². The van der Waals surface area contributed by atoms with Crippen LogP contribution in [0.25, 0.3) is 10.9 Å². The second-order valence-corrected chi connectivity index (χ2v) is 5.80. The fourth-order valence-corrected chi connectivity index (χ4v) is 2.77. The van der Waals surface area contributed by atoms with Crippen LogP contribution in [0, 0.1) is 0 Å². The molecule has 0 unspecified atom stereocenters. The van der Waals surface area contributed by atoms with E-state index in [1.54, 1.807) is 6.20 Å².